The van der Waals surface area contributed by atoms with Crippen molar-refractivity contribution in [3.8, 4) is 5.75 Å². The maximum absolute atomic E-state index is 12.3. The summed E-state index contributed by atoms with van der Waals surface area (Å²) in [4.78, 5) is 14.7. The smallest absolute Gasteiger partial charge is 0.319 e. The Balaban J connectivity index is 1.64. The van der Waals surface area contributed by atoms with Crippen molar-refractivity contribution >= 4 is 23.3 Å². The number of halogens is 1. The van der Waals surface area contributed by atoms with E-state index in [9.17, 15) is 4.79 Å². The summed E-state index contributed by atoms with van der Waals surface area (Å²) in [6.45, 7) is 1.66. The van der Waals surface area contributed by atoms with E-state index in [1.807, 2.05) is 24.3 Å². The first-order valence-corrected chi connectivity index (χ1v) is 9.60. The number of benzene rings is 2. The van der Waals surface area contributed by atoms with Gasteiger partial charge in [-0.05, 0) is 62.2 Å². The summed E-state index contributed by atoms with van der Waals surface area (Å²) in [6.07, 6.45) is 2.20. The van der Waals surface area contributed by atoms with E-state index >= 15 is 0 Å². The highest BCUT2D eigenvalue weighted by Gasteiger charge is 2.30. The van der Waals surface area contributed by atoms with Crippen LogP contribution < -0.4 is 15.4 Å². The topological polar surface area (TPSA) is 53.6 Å². The summed E-state index contributed by atoms with van der Waals surface area (Å²) in [7, 11) is 3.82. The Hall–Kier alpha value is -2.24. The van der Waals surface area contributed by atoms with Gasteiger partial charge in [0.1, 0.15) is 5.75 Å². The number of methoxy groups -OCH3 is 1. The summed E-state index contributed by atoms with van der Waals surface area (Å²) in [5.74, 6) is 1.19. The molecule has 2 N–H and O–H groups in total. The Morgan fingerprint density at radius 1 is 1.22 bits per heavy atom. The zero-order valence-corrected chi connectivity index (χ0v) is 16.5. The third-order valence-corrected chi connectivity index (χ3v) is 5.44. The van der Waals surface area contributed by atoms with E-state index in [2.05, 4.69) is 34.7 Å². The van der Waals surface area contributed by atoms with Crippen LogP contribution in [0.1, 0.15) is 24.4 Å². The predicted octanol–water partition coefficient (Wildman–Crippen LogP) is 4.55. The highest BCUT2D eigenvalue weighted by Crippen LogP contribution is 2.35. The molecule has 0 radical (unpaired) electrons. The van der Waals surface area contributed by atoms with Crippen LogP contribution in [0.3, 0.4) is 0 Å². The van der Waals surface area contributed by atoms with E-state index < -0.39 is 0 Å². The number of nitrogens with one attached hydrogen (secondary N) is 2. The molecule has 1 fully saturated rings. The van der Waals surface area contributed by atoms with Gasteiger partial charge in [0, 0.05) is 12.6 Å². The van der Waals surface area contributed by atoms with Gasteiger partial charge in [-0.25, -0.2) is 4.79 Å². The second kappa shape index (κ2) is 9.11. The molecule has 6 heteroatoms. The van der Waals surface area contributed by atoms with Crippen LogP contribution >= 0.6 is 11.6 Å². The van der Waals surface area contributed by atoms with Gasteiger partial charge < -0.3 is 15.4 Å². The molecular weight excluding hydrogens is 362 g/mol. The van der Waals surface area contributed by atoms with E-state index in [0.717, 1.165) is 25.1 Å². The van der Waals surface area contributed by atoms with Crippen LogP contribution in [0.25, 0.3) is 0 Å². The molecule has 1 aliphatic rings. The highest BCUT2D eigenvalue weighted by molar-refractivity contribution is 6.33. The van der Waals surface area contributed by atoms with E-state index in [-0.39, 0.29) is 12.1 Å². The normalized spacial score (nSPS) is 20.1. The van der Waals surface area contributed by atoms with Gasteiger partial charge in [-0.3, -0.25) is 4.90 Å². The SMILES string of the molecule is COc1ccc(C2C(CNC(=O)Nc3ccccc3Cl)CCCN2C)cc1. The standard InChI is InChI=1S/C21H26ClN3O2/c1-25-13-5-6-16(20(25)15-9-11-17(27-2)12-10-15)14-23-21(26)24-19-8-4-3-7-18(19)22/h3-4,7-12,16,20H,5-6,13-14H2,1-2H3,(H2,23,24,26). The van der Waals surface area contributed by atoms with E-state index in [4.69, 9.17) is 16.3 Å². The molecule has 2 aromatic rings. The van der Waals surface area contributed by atoms with Crippen molar-refractivity contribution in [1.82, 2.24) is 10.2 Å². The zero-order chi connectivity index (χ0) is 19.2. The molecule has 0 aromatic heterocycles. The molecule has 0 bridgehead atoms. The molecule has 5 nitrogen and oxygen atoms in total. The molecule has 0 aliphatic carbocycles. The minimum Gasteiger partial charge on any atom is -0.497 e. The first-order chi connectivity index (χ1) is 13.1. The number of hydrogen-bond donors (Lipinski definition) is 2. The lowest BCUT2D eigenvalue weighted by molar-refractivity contribution is 0.121. The summed E-state index contributed by atoms with van der Waals surface area (Å²) >= 11 is 6.10. The number of ether oxygens (including phenoxy) is 1. The van der Waals surface area contributed by atoms with Gasteiger partial charge in [0.05, 0.1) is 17.8 Å². The third-order valence-electron chi connectivity index (χ3n) is 5.11. The predicted molar refractivity (Wildman–Crippen MR) is 110 cm³/mol. The van der Waals surface area contributed by atoms with Crippen LogP contribution in [-0.2, 0) is 0 Å². The number of rotatable bonds is 5. The summed E-state index contributed by atoms with van der Waals surface area (Å²) in [5, 5.41) is 6.36. The molecule has 2 unspecified atom stereocenters. The highest BCUT2D eigenvalue weighted by atomic mass is 35.5. The largest absolute Gasteiger partial charge is 0.497 e. The lowest BCUT2D eigenvalue weighted by Crippen LogP contribution is -2.42. The molecule has 2 atom stereocenters. The monoisotopic (exact) mass is 387 g/mol. The number of urea groups is 1. The fourth-order valence-corrected chi connectivity index (χ4v) is 3.94. The number of carbonyl (C=O) groups is 1. The summed E-state index contributed by atoms with van der Waals surface area (Å²) in [5.41, 5.74) is 1.86. The number of para-hydroxylation sites is 1. The van der Waals surface area contributed by atoms with Gasteiger partial charge >= 0.3 is 6.03 Å². The summed E-state index contributed by atoms with van der Waals surface area (Å²) in [6, 6.07) is 15.5. The van der Waals surface area contributed by atoms with Crippen molar-refractivity contribution in [3.63, 3.8) is 0 Å². The Labute approximate surface area is 165 Å². The molecule has 0 saturated carbocycles. The zero-order valence-electron chi connectivity index (χ0n) is 15.7. The van der Waals surface area contributed by atoms with Crippen molar-refractivity contribution in [1.29, 1.82) is 0 Å². The lowest BCUT2D eigenvalue weighted by Gasteiger charge is -2.39. The molecule has 2 aromatic carbocycles. The second-order valence-electron chi connectivity index (χ2n) is 6.92. The van der Waals surface area contributed by atoms with Crippen LogP contribution in [0.15, 0.2) is 48.5 Å². The van der Waals surface area contributed by atoms with Crippen LogP contribution in [-0.4, -0.2) is 38.2 Å². The Morgan fingerprint density at radius 3 is 2.67 bits per heavy atom. The maximum Gasteiger partial charge on any atom is 0.319 e. The van der Waals surface area contributed by atoms with Crippen molar-refractivity contribution in [2.75, 3.05) is 32.6 Å². The number of amides is 2. The molecule has 1 heterocycles. The number of carbonyl (C=O) groups excluding carboxylic acids is 1. The van der Waals surface area contributed by atoms with Crippen molar-refractivity contribution < 1.29 is 9.53 Å². The number of likely N-dealkylation sites (tertiary alicyclic amines) is 1. The maximum atomic E-state index is 12.3. The number of anilines is 1. The quantitative estimate of drug-likeness (QED) is 0.791. The lowest BCUT2D eigenvalue weighted by atomic mass is 9.85. The summed E-state index contributed by atoms with van der Waals surface area (Å²) < 4.78 is 5.27. The molecular formula is C21H26ClN3O2. The fourth-order valence-electron chi connectivity index (χ4n) is 3.75. The molecule has 27 heavy (non-hydrogen) atoms. The second-order valence-corrected chi connectivity index (χ2v) is 7.32. The van der Waals surface area contributed by atoms with E-state index in [0.29, 0.717) is 23.2 Å². The average molecular weight is 388 g/mol. The van der Waals surface area contributed by atoms with E-state index in [1.165, 1.54) is 5.56 Å². The first-order valence-electron chi connectivity index (χ1n) is 9.22. The van der Waals surface area contributed by atoms with Gasteiger partial charge in [0.15, 0.2) is 0 Å². The number of hydrogen-bond acceptors (Lipinski definition) is 3. The van der Waals surface area contributed by atoms with Gasteiger partial charge in [0.2, 0.25) is 0 Å². The van der Waals surface area contributed by atoms with Gasteiger partial charge in [-0.2, -0.15) is 0 Å². The number of piperidine rings is 1. The molecule has 0 spiro atoms. The molecule has 2 amide bonds. The Bertz CT molecular complexity index is 766. The van der Waals surface area contributed by atoms with E-state index in [1.54, 1.807) is 19.2 Å². The number of nitrogens with zero attached hydrogens (tertiary/aromatic N) is 1. The van der Waals surface area contributed by atoms with Crippen LogP contribution in [0.2, 0.25) is 5.02 Å². The molecule has 144 valence electrons. The van der Waals surface area contributed by atoms with Crippen LogP contribution in [0.4, 0.5) is 10.5 Å². The fraction of sp³-hybridized carbons (Fsp3) is 0.381. The Kier molecular flexibility index (Phi) is 6.58. The minimum atomic E-state index is -0.232. The third kappa shape index (κ3) is 4.93. The van der Waals surface area contributed by atoms with Crippen LogP contribution in [0.5, 0.6) is 5.75 Å². The van der Waals surface area contributed by atoms with Gasteiger partial charge in [-0.1, -0.05) is 35.9 Å². The molecule has 1 saturated heterocycles. The van der Waals surface area contributed by atoms with Crippen molar-refractivity contribution in [2.24, 2.45) is 5.92 Å². The van der Waals surface area contributed by atoms with Gasteiger partial charge in [0.25, 0.3) is 0 Å². The van der Waals surface area contributed by atoms with Crippen LogP contribution in [0, 0.1) is 5.92 Å². The first kappa shape index (κ1) is 19.5. The molecule has 1 aliphatic heterocycles. The average Bonchev–Trinajstić information content (AvgIpc) is 2.68. The Morgan fingerprint density at radius 2 is 1.96 bits per heavy atom. The minimum absolute atomic E-state index is 0.232. The molecule has 3 rings (SSSR count). The van der Waals surface area contributed by atoms with Gasteiger partial charge in [-0.15, -0.1) is 0 Å². The van der Waals surface area contributed by atoms with Crippen molar-refractivity contribution in [2.45, 2.75) is 18.9 Å². The van der Waals surface area contributed by atoms with Crippen molar-refractivity contribution in [3.05, 3.63) is 59.1 Å².